The Balaban J connectivity index is 2.80. The molecule has 2 N–H and O–H groups in total. The van der Waals surface area contributed by atoms with Crippen molar-refractivity contribution in [1.82, 2.24) is 14.3 Å². The number of nitrogens with zero attached hydrogens (tertiary/aromatic N) is 3. The lowest BCUT2D eigenvalue weighted by molar-refractivity contribution is -0.391. The highest BCUT2D eigenvalue weighted by Gasteiger charge is 2.20. The third-order valence-electron chi connectivity index (χ3n) is 1.62. The highest BCUT2D eigenvalue weighted by molar-refractivity contribution is 7.88. The van der Waals surface area contributed by atoms with Crippen molar-refractivity contribution >= 4 is 15.8 Å². The maximum atomic E-state index is 11.3. The van der Waals surface area contributed by atoms with E-state index in [0.29, 0.717) is 0 Å². The van der Waals surface area contributed by atoms with Crippen LogP contribution < -0.4 is 4.72 Å². The summed E-state index contributed by atoms with van der Waals surface area (Å²) in [4.78, 5) is 13.2. The lowest BCUT2D eigenvalue weighted by Gasteiger charge is -2.03. The third kappa shape index (κ3) is 3.25. The molecule has 0 radical (unpaired) electrons. The van der Waals surface area contributed by atoms with Crippen molar-refractivity contribution in [3.05, 3.63) is 22.6 Å². The van der Waals surface area contributed by atoms with E-state index in [9.17, 15) is 18.5 Å². The summed E-state index contributed by atoms with van der Waals surface area (Å²) >= 11 is 0. The number of nitrogens with one attached hydrogen (secondary N) is 1. The Kier molecular flexibility index (Phi) is 3.93. The molecule has 16 heavy (non-hydrogen) atoms. The topological polar surface area (TPSA) is 127 Å². The molecule has 9 nitrogen and oxygen atoms in total. The van der Waals surface area contributed by atoms with E-state index in [-0.39, 0.29) is 13.2 Å². The minimum atomic E-state index is -3.71. The van der Waals surface area contributed by atoms with Crippen molar-refractivity contribution in [2.24, 2.45) is 0 Å². The van der Waals surface area contributed by atoms with Crippen LogP contribution in [0.3, 0.4) is 0 Å². The molecule has 0 aliphatic heterocycles. The number of hydrogen-bond acceptors (Lipinski definition) is 6. The molecule has 0 saturated carbocycles. The lowest BCUT2D eigenvalue weighted by atomic mass is 10.8. The van der Waals surface area contributed by atoms with E-state index < -0.39 is 26.6 Å². The van der Waals surface area contributed by atoms with Crippen LogP contribution in [-0.4, -0.2) is 41.2 Å². The Morgan fingerprint density at radius 3 is 2.88 bits per heavy atom. The average Bonchev–Trinajstić information content (AvgIpc) is 2.62. The Labute approximate surface area is 90.9 Å². The summed E-state index contributed by atoms with van der Waals surface area (Å²) < 4.78 is 25.6. The first-order chi connectivity index (χ1) is 7.46. The van der Waals surface area contributed by atoms with E-state index in [1.54, 1.807) is 0 Å². The molecular formula is C6H10N4O5S. The molecule has 1 aromatic rings. The quantitative estimate of drug-likeness (QED) is 0.475. The van der Waals surface area contributed by atoms with Gasteiger partial charge in [0.05, 0.1) is 6.61 Å². The monoisotopic (exact) mass is 250 g/mol. The zero-order valence-corrected chi connectivity index (χ0v) is 8.92. The molecule has 0 amide bonds. The fourth-order valence-electron chi connectivity index (χ4n) is 0.995. The minimum Gasteiger partial charge on any atom is -0.395 e. The predicted octanol–water partition coefficient (Wildman–Crippen LogP) is -1.34. The number of aromatic nitrogens is 2. The van der Waals surface area contributed by atoms with E-state index in [2.05, 4.69) is 9.71 Å². The standard InChI is InChI=1S/C6H10N4O5S/c11-2-1-8-16(14,15)5-9-4-7-3-6(9)10(12)13/h3-4,8,11H,1-2,5H2. The van der Waals surface area contributed by atoms with Crippen molar-refractivity contribution in [3.8, 4) is 0 Å². The van der Waals surface area contributed by atoms with Gasteiger partial charge in [0, 0.05) is 6.54 Å². The first-order valence-electron chi connectivity index (χ1n) is 4.19. The Morgan fingerprint density at radius 2 is 2.31 bits per heavy atom. The summed E-state index contributed by atoms with van der Waals surface area (Å²) in [6.45, 7) is -0.476. The van der Waals surface area contributed by atoms with Crippen LogP contribution in [-0.2, 0) is 15.9 Å². The van der Waals surface area contributed by atoms with Crippen LogP contribution in [0.4, 0.5) is 5.82 Å². The van der Waals surface area contributed by atoms with Gasteiger partial charge in [0.1, 0.15) is 6.20 Å². The van der Waals surface area contributed by atoms with Gasteiger partial charge < -0.3 is 15.2 Å². The predicted molar refractivity (Wildman–Crippen MR) is 52.9 cm³/mol. The van der Waals surface area contributed by atoms with Crippen molar-refractivity contribution in [3.63, 3.8) is 0 Å². The lowest BCUT2D eigenvalue weighted by Crippen LogP contribution is -2.29. The second-order valence-electron chi connectivity index (χ2n) is 2.84. The molecule has 0 aliphatic carbocycles. The Hall–Kier alpha value is -1.52. The molecule has 0 spiro atoms. The molecule has 0 unspecified atom stereocenters. The molecule has 90 valence electrons. The first-order valence-corrected chi connectivity index (χ1v) is 5.84. The zero-order valence-electron chi connectivity index (χ0n) is 8.11. The number of hydrogen-bond donors (Lipinski definition) is 2. The van der Waals surface area contributed by atoms with Crippen LogP contribution in [0.1, 0.15) is 0 Å². The van der Waals surface area contributed by atoms with Gasteiger partial charge in [0.25, 0.3) is 10.0 Å². The van der Waals surface area contributed by atoms with Crippen LogP contribution in [0.5, 0.6) is 0 Å². The van der Waals surface area contributed by atoms with Crippen LogP contribution in [0.2, 0.25) is 0 Å². The normalized spacial score (nSPS) is 11.6. The van der Waals surface area contributed by atoms with Crippen molar-refractivity contribution in [1.29, 1.82) is 0 Å². The van der Waals surface area contributed by atoms with E-state index in [4.69, 9.17) is 5.11 Å². The van der Waals surface area contributed by atoms with Gasteiger partial charge in [-0.25, -0.2) is 18.1 Å². The van der Waals surface area contributed by atoms with Crippen molar-refractivity contribution in [2.75, 3.05) is 13.2 Å². The molecule has 0 atom stereocenters. The zero-order chi connectivity index (χ0) is 12.2. The maximum Gasteiger partial charge on any atom is 0.343 e. The van der Waals surface area contributed by atoms with Gasteiger partial charge in [-0.2, -0.15) is 4.57 Å². The number of sulfonamides is 1. The third-order valence-corrected chi connectivity index (χ3v) is 2.88. The molecule has 0 aliphatic rings. The summed E-state index contributed by atoms with van der Waals surface area (Å²) in [7, 11) is -3.71. The van der Waals surface area contributed by atoms with Gasteiger partial charge in [-0.1, -0.05) is 0 Å². The summed E-state index contributed by atoms with van der Waals surface area (Å²) in [5, 5.41) is 18.9. The second-order valence-corrected chi connectivity index (χ2v) is 4.62. The number of imidazole rings is 1. The Bertz CT molecular complexity index is 467. The van der Waals surface area contributed by atoms with Crippen molar-refractivity contribution in [2.45, 2.75) is 5.88 Å². The fourth-order valence-corrected chi connectivity index (χ4v) is 2.05. The molecule has 1 aromatic heterocycles. The molecular weight excluding hydrogens is 240 g/mol. The van der Waals surface area contributed by atoms with Gasteiger partial charge in [-0.05, 0) is 4.92 Å². The summed E-state index contributed by atoms with van der Waals surface area (Å²) in [6, 6.07) is 0. The van der Waals surface area contributed by atoms with E-state index >= 15 is 0 Å². The molecule has 1 heterocycles. The van der Waals surface area contributed by atoms with E-state index in [1.165, 1.54) is 0 Å². The molecule has 0 aromatic carbocycles. The molecule has 1 rings (SSSR count). The minimum absolute atomic E-state index is 0.134. The number of rotatable bonds is 6. The number of aliphatic hydroxyl groups excluding tert-OH is 1. The number of aliphatic hydroxyl groups is 1. The molecule has 10 heteroatoms. The maximum absolute atomic E-state index is 11.3. The summed E-state index contributed by atoms with van der Waals surface area (Å²) in [5.74, 6) is -1.02. The van der Waals surface area contributed by atoms with Gasteiger partial charge >= 0.3 is 5.82 Å². The van der Waals surface area contributed by atoms with E-state index in [0.717, 1.165) is 17.1 Å². The Morgan fingerprint density at radius 1 is 1.62 bits per heavy atom. The highest BCUT2D eigenvalue weighted by Crippen LogP contribution is 2.10. The second kappa shape index (κ2) is 5.01. The SMILES string of the molecule is O=[N+]([O-])c1cncn1CS(=O)(=O)NCCO. The van der Waals surface area contributed by atoms with Crippen LogP contribution in [0.25, 0.3) is 0 Å². The van der Waals surface area contributed by atoms with E-state index in [1.807, 2.05) is 0 Å². The van der Waals surface area contributed by atoms with Gasteiger partial charge in [-0.15, -0.1) is 0 Å². The van der Waals surface area contributed by atoms with Gasteiger partial charge in [0.15, 0.2) is 6.33 Å². The number of nitro groups is 1. The highest BCUT2D eigenvalue weighted by atomic mass is 32.2. The van der Waals surface area contributed by atoms with Gasteiger partial charge in [-0.3, -0.25) is 0 Å². The largest absolute Gasteiger partial charge is 0.395 e. The molecule has 0 saturated heterocycles. The fraction of sp³-hybridized carbons (Fsp3) is 0.500. The summed E-state index contributed by atoms with van der Waals surface area (Å²) in [5.41, 5.74) is 0. The molecule has 0 fully saturated rings. The van der Waals surface area contributed by atoms with Crippen LogP contribution in [0, 0.1) is 10.1 Å². The van der Waals surface area contributed by atoms with Crippen LogP contribution >= 0.6 is 0 Å². The smallest absolute Gasteiger partial charge is 0.343 e. The van der Waals surface area contributed by atoms with Gasteiger partial charge in [0.2, 0.25) is 5.88 Å². The van der Waals surface area contributed by atoms with Crippen LogP contribution in [0.15, 0.2) is 12.5 Å². The molecule has 0 bridgehead atoms. The van der Waals surface area contributed by atoms with Crippen molar-refractivity contribution < 1.29 is 18.4 Å². The first kappa shape index (κ1) is 12.5. The average molecular weight is 250 g/mol. The summed E-state index contributed by atoms with van der Waals surface area (Å²) in [6.07, 6.45) is 2.01.